The molecule has 4 aromatic rings. The van der Waals surface area contributed by atoms with Crippen LogP contribution in [0.25, 0.3) is 10.6 Å². The lowest BCUT2D eigenvalue weighted by Crippen LogP contribution is -2.31. The van der Waals surface area contributed by atoms with E-state index in [9.17, 15) is 4.79 Å². The van der Waals surface area contributed by atoms with Gasteiger partial charge < -0.3 is 5.32 Å². The van der Waals surface area contributed by atoms with Gasteiger partial charge in [-0.15, -0.1) is 11.3 Å². The molecular formula is C19H16N4OS2. The van der Waals surface area contributed by atoms with E-state index in [1.807, 2.05) is 52.7 Å². The molecule has 0 radical (unpaired) electrons. The Morgan fingerprint density at radius 1 is 1.15 bits per heavy atom. The van der Waals surface area contributed by atoms with Gasteiger partial charge in [-0.2, -0.15) is 16.4 Å². The van der Waals surface area contributed by atoms with Crippen LogP contribution in [0.5, 0.6) is 0 Å². The van der Waals surface area contributed by atoms with E-state index in [4.69, 9.17) is 0 Å². The zero-order valence-electron chi connectivity index (χ0n) is 13.8. The lowest BCUT2D eigenvalue weighted by atomic mass is 10.1. The van der Waals surface area contributed by atoms with Gasteiger partial charge in [0.05, 0.1) is 6.04 Å². The summed E-state index contributed by atoms with van der Waals surface area (Å²) in [6.07, 6.45) is 3.65. The molecule has 0 unspecified atom stereocenters. The third-order valence-electron chi connectivity index (χ3n) is 3.99. The number of aromatic nitrogens is 3. The monoisotopic (exact) mass is 380 g/mol. The van der Waals surface area contributed by atoms with Crippen LogP contribution in [0.2, 0.25) is 0 Å². The summed E-state index contributed by atoms with van der Waals surface area (Å²) < 4.78 is 1.86. The number of amides is 1. The molecule has 1 N–H and O–H groups in total. The van der Waals surface area contributed by atoms with Crippen LogP contribution in [0.15, 0.2) is 71.0 Å². The molecule has 0 fully saturated rings. The molecule has 5 nitrogen and oxygen atoms in total. The van der Waals surface area contributed by atoms with Crippen LogP contribution in [-0.2, 0) is 0 Å². The van der Waals surface area contributed by atoms with Gasteiger partial charge in [-0.1, -0.05) is 30.3 Å². The third-order valence-corrected chi connectivity index (χ3v) is 5.58. The quantitative estimate of drug-likeness (QED) is 0.548. The Morgan fingerprint density at radius 2 is 2.04 bits per heavy atom. The van der Waals surface area contributed by atoms with Crippen LogP contribution in [0.1, 0.15) is 22.1 Å². The second-order valence-corrected chi connectivity index (χ2v) is 7.31. The van der Waals surface area contributed by atoms with Gasteiger partial charge in [0.15, 0.2) is 0 Å². The molecule has 3 aromatic heterocycles. The molecule has 0 spiro atoms. The number of nitrogens with zero attached hydrogens (tertiary/aromatic N) is 3. The Kier molecular flexibility index (Phi) is 4.90. The van der Waals surface area contributed by atoms with E-state index >= 15 is 0 Å². The maximum atomic E-state index is 12.5. The number of carbonyl (C=O) groups excluding carboxylic acids is 1. The van der Waals surface area contributed by atoms with Crippen molar-refractivity contribution in [2.75, 3.05) is 6.54 Å². The average molecular weight is 380 g/mol. The van der Waals surface area contributed by atoms with Crippen molar-refractivity contribution in [1.82, 2.24) is 20.1 Å². The molecule has 3 heterocycles. The van der Waals surface area contributed by atoms with Crippen molar-refractivity contribution in [2.24, 2.45) is 0 Å². The number of thiazole rings is 1. The molecular weight excluding hydrogens is 364 g/mol. The highest BCUT2D eigenvalue weighted by Crippen LogP contribution is 2.23. The molecule has 4 rings (SSSR count). The van der Waals surface area contributed by atoms with Crippen molar-refractivity contribution >= 4 is 28.6 Å². The Hall–Kier alpha value is -2.77. The van der Waals surface area contributed by atoms with Crippen LogP contribution < -0.4 is 5.32 Å². The van der Waals surface area contributed by atoms with Gasteiger partial charge in [0.25, 0.3) is 5.91 Å². The molecule has 0 saturated carbocycles. The van der Waals surface area contributed by atoms with Crippen LogP contribution in [0, 0.1) is 0 Å². The van der Waals surface area contributed by atoms with Gasteiger partial charge in [0.1, 0.15) is 10.7 Å². The number of hydrogen-bond acceptors (Lipinski definition) is 5. The van der Waals surface area contributed by atoms with E-state index in [0.29, 0.717) is 12.2 Å². The Morgan fingerprint density at radius 3 is 2.77 bits per heavy atom. The van der Waals surface area contributed by atoms with E-state index in [-0.39, 0.29) is 11.9 Å². The fourth-order valence-corrected chi connectivity index (χ4v) is 4.18. The van der Waals surface area contributed by atoms with Gasteiger partial charge >= 0.3 is 0 Å². The van der Waals surface area contributed by atoms with E-state index in [0.717, 1.165) is 16.1 Å². The second kappa shape index (κ2) is 7.63. The van der Waals surface area contributed by atoms with Gasteiger partial charge in [-0.05, 0) is 28.5 Å². The summed E-state index contributed by atoms with van der Waals surface area (Å²) in [5.74, 6) is -0.171. The van der Waals surface area contributed by atoms with Crippen LogP contribution in [0.4, 0.5) is 0 Å². The number of hydrogen-bond donors (Lipinski definition) is 1. The van der Waals surface area contributed by atoms with Crippen LogP contribution in [0.3, 0.4) is 0 Å². The summed E-state index contributed by atoms with van der Waals surface area (Å²) in [5.41, 5.74) is 2.59. The number of nitrogens with one attached hydrogen (secondary N) is 1. The Balaban J connectivity index is 1.47. The van der Waals surface area contributed by atoms with Crippen molar-refractivity contribution in [1.29, 1.82) is 0 Å². The summed E-state index contributed by atoms with van der Waals surface area (Å²) >= 11 is 3.11. The number of carbonyl (C=O) groups is 1. The van der Waals surface area contributed by atoms with E-state index < -0.39 is 0 Å². The largest absolute Gasteiger partial charge is 0.348 e. The normalized spacial score (nSPS) is 12.0. The summed E-state index contributed by atoms with van der Waals surface area (Å²) in [7, 11) is 0. The minimum absolute atomic E-state index is 0.0348. The molecule has 130 valence electrons. The van der Waals surface area contributed by atoms with Gasteiger partial charge in [-0.3, -0.25) is 9.48 Å². The summed E-state index contributed by atoms with van der Waals surface area (Å²) in [6, 6.07) is 13.8. The third kappa shape index (κ3) is 3.58. The smallest absolute Gasteiger partial charge is 0.270 e. The van der Waals surface area contributed by atoms with Crippen LogP contribution >= 0.6 is 22.7 Å². The van der Waals surface area contributed by atoms with Crippen molar-refractivity contribution in [3.8, 4) is 10.6 Å². The molecule has 26 heavy (non-hydrogen) atoms. The summed E-state index contributed by atoms with van der Waals surface area (Å²) in [6.45, 7) is 0.454. The van der Waals surface area contributed by atoms with Gasteiger partial charge in [-0.25, -0.2) is 4.98 Å². The summed E-state index contributed by atoms with van der Waals surface area (Å²) in [5, 5.41) is 14.1. The molecule has 1 aromatic carbocycles. The maximum Gasteiger partial charge on any atom is 0.270 e. The molecule has 0 aliphatic rings. The van der Waals surface area contributed by atoms with Gasteiger partial charge in [0, 0.05) is 29.9 Å². The standard InChI is InChI=1S/C19H16N4OS2/c24-18(16-13-26-19(22-16)14-5-2-1-3-6-14)20-11-17(15-7-10-25-12-15)23-9-4-8-21-23/h1-10,12-13,17H,11H2,(H,20,24)/t17-/m1/s1. The first-order valence-electron chi connectivity index (χ1n) is 8.11. The first-order chi connectivity index (χ1) is 12.8. The first kappa shape index (κ1) is 16.7. The summed E-state index contributed by atoms with van der Waals surface area (Å²) in [4.78, 5) is 17.0. The zero-order valence-corrected chi connectivity index (χ0v) is 15.4. The highest BCUT2D eigenvalue weighted by Gasteiger charge is 2.18. The Labute approximate surface area is 159 Å². The second-order valence-electron chi connectivity index (χ2n) is 5.67. The molecule has 0 saturated heterocycles. The lowest BCUT2D eigenvalue weighted by molar-refractivity contribution is 0.0945. The fraction of sp³-hybridized carbons (Fsp3) is 0.105. The molecule has 0 aliphatic heterocycles. The van der Waals surface area contributed by atoms with Crippen molar-refractivity contribution in [2.45, 2.75) is 6.04 Å². The fourth-order valence-electron chi connectivity index (χ4n) is 2.66. The Bertz CT molecular complexity index is 928. The lowest BCUT2D eigenvalue weighted by Gasteiger charge is -2.17. The predicted octanol–water partition coefficient (Wildman–Crippen LogP) is 4.09. The molecule has 7 heteroatoms. The van der Waals surface area contributed by atoms with Crippen molar-refractivity contribution in [3.05, 3.63) is 82.3 Å². The molecule has 0 bridgehead atoms. The van der Waals surface area contributed by atoms with E-state index in [2.05, 4.69) is 26.8 Å². The van der Waals surface area contributed by atoms with Crippen molar-refractivity contribution in [3.63, 3.8) is 0 Å². The molecule has 0 aliphatic carbocycles. The molecule has 1 amide bonds. The minimum Gasteiger partial charge on any atom is -0.348 e. The predicted molar refractivity (Wildman–Crippen MR) is 105 cm³/mol. The van der Waals surface area contributed by atoms with Crippen LogP contribution in [-0.4, -0.2) is 27.2 Å². The first-order valence-corrected chi connectivity index (χ1v) is 9.94. The minimum atomic E-state index is -0.171. The SMILES string of the molecule is O=C(NC[C@H](c1ccsc1)n1cccn1)c1csc(-c2ccccc2)n1. The highest BCUT2D eigenvalue weighted by atomic mass is 32.1. The number of thiophene rings is 1. The number of benzene rings is 1. The maximum absolute atomic E-state index is 12.5. The number of rotatable bonds is 6. The average Bonchev–Trinajstić information content (AvgIpc) is 3.44. The highest BCUT2D eigenvalue weighted by molar-refractivity contribution is 7.13. The van der Waals surface area contributed by atoms with Crippen molar-refractivity contribution < 1.29 is 4.79 Å². The zero-order chi connectivity index (χ0) is 17.8. The molecule has 1 atom stereocenters. The van der Waals surface area contributed by atoms with E-state index in [1.54, 1.807) is 22.9 Å². The van der Waals surface area contributed by atoms with Gasteiger partial charge in [0.2, 0.25) is 0 Å². The topological polar surface area (TPSA) is 59.8 Å². The van der Waals surface area contributed by atoms with E-state index in [1.165, 1.54) is 11.3 Å².